The Hall–Kier alpha value is -1.67. The predicted molar refractivity (Wildman–Crippen MR) is 102 cm³/mol. The summed E-state index contributed by atoms with van der Waals surface area (Å²) in [5.41, 5.74) is 0.171. The van der Waals surface area contributed by atoms with Gasteiger partial charge in [0, 0.05) is 18.5 Å². The number of hydrogen-bond acceptors (Lipinski definition) is 6. The molecule has 2 heterocycles. The highest BCUT2D eigenvalue weighted by molar-refractivity contribution is 7.09. The average Bonchev–Trinajstić information content (AvgIpc) is 3.08. The van der Waals surface area contributed by atoms with E-state index in [0.29, 0.717) is 12.5 Å². The first-order chi connectivity index (χ1) is 12.3. The standard InChI is InChI=1S/C18H30N4O3S/c1-5-15-20-14(12-26-15)11-22-8-6-13(7-9-22)10-19-16(23)18(2,3)21-17(24)25-4/h12-13H,5-11H2,1-4H3,(H,19,23)(H,21,24). The molecule has 0 spiro atoms. The molecule has 1 fully saturated rings. The number of aryl methyl sites for hydroxylation is 1. The molecule has 1 aromatic rings. The third kappa shape index (κ3) is 5.95. The summed E-state index contributed by atoms with van der Waals surface area (Å²) in [5, 5.41) is 8.86. The molecule has 2 amide bonds. The lowest BCUT2D eigenvalue weighted by Gasteiger charge is -2.32. The molecule has 0 radical (unpaired) electrons. The fourth-order valence-electron chi connectivity index (χ4n) is 2.98. The number of carbonyl (C=O) groups excluding carboxylic acids is 2. The van der Waals surface area contributed by atoms with Crippen LogP contribution in [-0.2, 0) is 22.5 Å². The van der Waals surface area contributed by atoms with E-state index < -0.39 is 11.6 Å². The highest BCUT2D eigenvalue weighted by atomic mass is 32.1. The largest absolute Gasteiger partial charge is 0.453 e. The van der Waals surface area contributed by atoms with Crippen molar-refractivity contribution in [2.75, 3.05) is 26.7 Å². The zero-order valence-corrected chi connectivity index (χ0v) is 16.9. The Morgan fingerprint density at radius 3 is 2.65 bits per heavy atom. The second-order valence-corrected chi connectivity index (χ2v) is 8.20. The number of methoxy groups -OCH3 is 1. The van der Waals surface area contributed by atoms with E-state index in [4.69, 9.17) is 0 Å². The molecule has 0 aromatic carbocycles. The molecule has 0 atom stereocenters. The lowest BCUT2D eigenvalue weighted by molar-refractivity contribution is -0.126. The lowest BCUT2D eigenvalue weighted by atomic mass is 9.96. The van der Waals surface area contributed by atoms with Gasteiger partial charge in [0.05, 0.1) is 17.8 Å². The predicted octanol–water partition coefficient (Wildman–Crippen LogP) is 2.17. The van der Waals surface area contributed by atoms with Crippen molar-refractivity contribution in [3.8, 4) is 0 Å². The molecule has 0 saturated carbocycles. The van der Waals surface area contributed by atoms with Crippen molar-refractivity contribution in [3.63, 3.8) is 0 Å². The minimum absolute atomic E-state index is 0.195. The summed E-state index contributed by atoms with van der Waals surface area (Å²) in [6, 6.07) is 0. The summed E-state index contributed by atoms with van der Waals surface area (Å²) in [6.45, 7) is 9.04. The van der Waals surface area contributed by atoms with Gasteiger partial charge in [-0.15, -0.1) is 11.3 Å². The van der Waals surface area contributed by atoms with Gasteiger partial charge in [0.2, 0.25) is 5.91 Å². The summed E-state index contributed by atoms with van der Waals surface area (Å²) in [7, 11) is 1.28. The third-order valence-corrected chi connectivity index (χ3v) is 5.76. The lowest BCUT2D eigenvalue weighted by Crippen LogP contribution is -2.55. The van der Waals surface area contributed by atoms with Gasteiger partial charge in [0.25, 0.3) is 0 Å². The van der Waals surface area contributed by atoms with Gasteiger partial charge < -0.3 is 15.4 Å². The van der Waals surface area contributed by atoms with Crippen molar-refractivity contribution in [2.24, 2.45) is 5.92 Å². The van der Waals surface area contributed by atoms with Crippen LogP contribution >= 0.6 is 11.3 Å². The van der Waals surface area contributed by atoms with Gasteiger partial charge in [-0.1, -0.05) is 6.92 Å². The highest BCUT2D eigenvalue weighted by Gasteiger charge is 2.30. The van der Waals surface area contributed by atoms with Crippen LogP contribution in [0.2, 0.25) is 0 Å². The smallest absolute Gasteiger partial charge is 0.407 e. The molecule has 1 aliphatic heterocycles. The van der Waals surface area contributed by atoms with Crippen molar-refractivity contribution in [1.82, 2.24) is 20.5 Å². The number of alkyl carbamates (subject to hydrolysis) is 1. The Labute approximate surface area is 159 Å². The summed E-state index contributed by atoms with van der Waals surface area (Å²) in [5.74, 6) is 0.269. The Morgan fingerprint density at radius 2 is 2.08 bits per heavy atom. The fraction of sp³-hybridized carbons (Fsp3) is 0.722. The normalized spacial score (nSPS) is 16.3. The van der Waals surface area contributed by atoms with Crippen molar-refractivity contribution >= 4 is 23.3 Å². The highest BCUT2D eigenvalue weighted by Crippen LogP contribution is 2.20. The molecule has 0 aliphatic carbocycles. The fourth-order valence-corrected chi connectivity index (χ4v) is 3.72. The monoisotopic (exact) mass is 382 g/mol. The van der Waals surface area contributed by atoms with Gasteiger partial charge in [0.15, 0.2) is 0 Å². The molecule has 1 aromatic heterocycles. The van der Waals surface area contributed by atoms with Crippen LogP contribution < -0.4 is 10.6 Å². The molecule has 0 bridgehead atoms. The van der Waals surface area contributed by atoms with E-state index >= 15 is 0 Å². The van der Waals surface area contributed by atoms with Crippen LogP contribution in [0.25, 0.3) is 0 Å². The summed E-state index contributed by atoms with van der Waals surface area (Å²) in [4.78, 5) is 30.7. The Balaban J connectivity index is 1.71. The molecule has 1 saturated heterocycles. The van der Waals surface area contributed by atoms with E-state index in [1.807, 2.05) is 0 Å². The molecule has 2 N–H and O–H groups in total. The number of amides is 2. The van der Waals surface area contributed by atoms with Gasteiger partial charge in [-0.05, 0) is 52.1 Å². The van der Waals surface area contributed by atoms with Crippen LogP contribution in [0, 0.1) is 5.92 Å². The molecule has 146 valence electrons. The number of nitrogens with one attached hydrogen (secondary N) is 2. The molecule has 26 heavy (non-hydrogen) atoms. The average molecular weight is 383 g/mol. The van der Waals surface area contributed by atoms with Gasteiger partial charge >= 0.3 is 6.09 Å². The maximum Gasteiger partial charge on any atom is 0.407 e. The number of piperidine rings is 1. The first-order valence-corrected chi connectivity index (χ1v) is 10.0. The van der Waals surface area contributed by atoms with Crippen molar-refractivity contribution in [3.05, 3.63) is 16.1 Å². The molecule has 2 rings (SSSR count). The molecule has 1 aliphatic rings. The Bertz CT molecular complexity index is 609. The summed E-state index contributed by atoms with van der Waals surface area (Å²) >= 11 is 1.73. The minimum Gasteiger partial charge on any atom is -0.453 e. The molecular formula is C18H30N4O3S. The van der Waals surface area contributed by atoms with Crippen molar-refractivity contribution in [2.45, 2.75) is 52.1 Å². The van der Waals surface area contributed by atoms with Gasteiger partial charge in [-0.2, -0.15) is 0 Å². The Morgan fingerprint density at radius 1 is 1.38 bits per heavy atom. The quantitative estimate of drug-likeness (QED) is 0.755. The third-order valence-electron chi connectivity index (χ3n) is 4.71. The van der Waals surface area contributed by atoms with Crippen LogP contribution in [0.4, 0.5) is 4.79 Å². The van der Waals surface area contributed by atoms with Gasteiger partial charge in [-0.25, -0.2) is 9.78 Å². The van der Waals surface area contributed by atoms with E-state index in [-0.39, 0.29) is 5.91 Å². The van der Waals surface area contributed by atoms with Crippen LogP contribution in [0.5, 0.6) is 0 Å². The second-order valence-electron chi connectivity index (χ2n) is 7.26. The minimum atomic E-state index is -0.991. The van der Waals surface area contributed by atoms with E-state index in [9.17, 15) is 9.59 Å². The zero-order valence-electron chi connectivity index (χ0n) is 16.1. The maximum atomic E-state index is 12.3. The molecule has 0 unspecified atom stereocenters. The van der Waals surface area contributed by atoms with E-state index in [1.54, 1.807) is 25.2 Å². The number of carbonyl (C=O) groups is 2. The van der Waals surface area contributed by atoms with E-state index in [0.717, 1.165) is 44.6 Å². The Kier molecular flexibility index (Phi) is 7.40. The maximum absolute atomic E-state index is 12.3. The zero-order chi connectivity index (χ0) is 19.2. The number of nitrogens with zero attached hydrogens (tertiary/aromatic N) is 2. The molecule has 7 nitrogen and oxygen atoms in total. The van der Waals surface area contributed by atoms with E-state index in [2.05, 4.69) is 37.6 Å². The van der Waals surface area contributed by atoms with Gasteiger partial charge in [-0.3, -0.25) is 9.69 Å². The van der Waals surface area contributed by atoms with Crippen LogP contribution in [0.1, 0.15) is 44.3 Å². The second kappa shape index (κ2) is 9.32. The first kappa shape index (κ1) is 20.6. The van der Waals surface area contributed by atoms with Crippen LogP contribution in [0.3, 0.4) is 0 Å². The number of likely N-dealkylation sites (tertiary alicyclic amines) is 1. The van der Waals surface area contributed by atoms with Crippen molar-refractivity contribution in [1.29, 1.82) is 0 Å². The molecular weight excluding hydrogens is 352 g/mol. The topological polar surface area (TPSA) is 83.6 Å². The first-order valence-electron chi connectivity index (χ1n) is 9.14. The number of hydrogen-bond donors (Lipinski definition) is 2. The summed E-state index contributed by atoms with van der Waals surface area (Å²) < 4.78 is 4.56. The van der Waals surface area contributed by atoms with Crippen LogP contribution in [-0.4, -0.2) is 54.2 Å². The van der Waals surface area contributed by atoms with Crippen molar-refractivity contribution < 1.29 is 14.3 Å². The SMILES string of the molecule is CCc1nc(CN2CCC(CNC(=O)C(C)(C)NC(=O)OC)CC2)cs1. The van der Waals surface area contributed by atoms with Gasteiger partial charge in [0.1, 0.15) is 5.54 Å². The summed E-state index contributed by atoms with van der Waals surface area (Å²) in [6.07, 6.45) is 2.49. The number of rotatable bonds is 7. The number of ether oxygens (including phenoxy) is 1. The van der Waals surface area contributed by atoms with Crippen LogP contribution in [0.15, 0.2) is 5.38 Å². The molecule has 8 heteroatoms. The number of aromatic nitrogens is 1. The van der Waals surface area contributed by atoms with E-state index in [1.165, 1.54) is 12.1 Å². The number of thiazole rings is 1.